The number of nitrogens with zero attached hydrogens (tertiary/aromatic N) is 1. The Bertz CT molecular complexity index is 856. The molecule has 0 spiro atoms. The molecule has 2 aromatic carbocycles. The highest BCUT2D eigenvalue weighted by molar-refractivity contribution is 9.10. The van der Waals surface area contributed by atoms with E-state index in [1.165, 1.54) is 6.20 Å². The third-order valence-corrected chi connectivity index (χ3v) is 4.34. The van der Waals surface area contributed by atoms with Crippen molar-refractivity contribution < 1.29 is 4.79 Å². The number of amides is 1. The Morgan fingerprint density at radius 1 is 1.25 bits per heavy atom. The van der Waals surface area contributed by atoms with Crippen LogP contribution in [0.2, 0.25) is 5.02 Å². The molecule has 0 aliphatic rings. The molecule has 6 heteroatoms. The number of nitrogens with one attached hydrogen (secondary N) is 2. The molecule has 0 heterocycles. The molecule has 0 aromatic heterocycles. The van der Waals surface area contributed by atoms with E-state index in [0.717, 1.165) is 21.3 Å². The van der Waals surface area contributed by atoms with E-state index in [-0.39, 0.29) is 5.57 Å². The van der Waals surface area contributed by atoms with Crippen molar-refractivity contribution >= 4 is 44.8 Å². The highest BCUT2D eigenvalue weighted by atomic mass is 79.9. The molecule has 2 N–H and O–H groups in total. The molecular weight excluding hydrogens is 390 g/mol. The van der Waals surface area contributed by atoms with Crippen LogP contribution in [-0.2, 0) is 4.79 Å². The maximum atomic E-state index is 12.3. The number of aryl methyl sites for hydroxylation is 1. The Morgan fingerprint density at radius 2 is 2.00 bits per heavy atom. The van der Waals surface area contributed by atoms with Crippen molar-refractivity contribution in [1.82, 2.24) is 0 Å². The van der Waals surface area contributed by atoms with Gasteiger partial charge in [-0.2, -0.15) is 5.26 Å². The first-order valence-electron chi connectivity index (χ1n) is 7.12. The largest absolute Gasteiger partial charge is 0.360 e. The van der Waals surface area contributed by atoms with E-state index in [9.17, 15) is 10.1 Å². The number of hydrogen-bond acceptors (Lipinski definition) is 3. The van der Waals surface area contributed by atoms with Gasteiger partial charge in [0.05, 0.1) is 0 Å². The SMILES string of the molecule is Cc1cc(Br)ccc1N/C=C(/C#N)C(=O)Nc1cccc(Cl)c1C. The first-order valence-corrected chi connectivity index (χ1v) is 8.29. The molecule has 0 aliphatic carbocycles. The van der Waals surface area contributed by atoms with Crippen LogP contribution in [0.4, 0.5) is 11.4 Å². The fourth-order valence-corrected chi connectivity index (χ4v) is 2.67. The Balaban J connectivity index is 2.17. The Labute approximate surface area is 154 Å². The van der Waals surface area contributed by atoms with Crippen LogP contribution < -0.4 is 10.6 Å². The Hall–Kier alpha value is -2.29. The van der Waals surface area contributed by atoms with Gasteiger partial charge in [-0.05, 0) is 55.3 Å². The van der Waals surface area contributed by atoms with Crippen molar-refractivity contribution in [2.75, 3.05) is 10.6 Å². The number of carbonyl (C=O) groups is 1. The predicted octanol–water partition coefficient (Wildman–Crippen LogP) is 5.18. The number of hydrogen-bond donors (Lipinski definition) is 2. The third-order valence-electron chi connectivity index (χ3n) is 3.44. The van der Waals surface area contributed by atoms with Gasteiger partial charge in [-0.25, -0.2) is 0 Å². The molecule has 0 atom stereocenters. The average Bonchev–Trinajstić information content (AvgIpc) is 2.54. The number of carbonyl (C=O) groups excluding carboxylic acids is 1. The van der Waals surface area contributed by atoms with Crippen LogP contribution >= 0.6 is 27.5 Å². The summed E-state index contributed by atoms with van der Waals surface area (Å²) < 4.78 is 0.962. The van der Waals surface area contributed by atoms with E-state index >= 15 is 0 Å². The molecule has 0 saturated heterocycles. The monoisotopic (exact) mass is 403 g/mol. The first kappa shape index (κ1) is 18.1. The second kappa shape index (κ2) is 8.00. The fourth-order valence-electron chi connectivity index (χ4n) is 2.02. The summed E-state index contributed by atoms with van der Waals surface area (Å²) in [5.74, 6) is -0.495. The van der Waals surface area contributed by atoms with Crippen molar-refractivity contribution in [3.63, 3.8) is 0 Å². The highest BCUT2D eigenvalue weighted by Gasteiger charge is 2.11. The van der Waals surface area contributed by atoms with Crippen LogP contribution in [0.15, 0.2) is 52.6 Å². The van der Waals surface area contributed by atoms with Crippen LogP contribution in [0.3, 0.4) is 0 Å². The summed E-state index contributed by atoms with van der Waals surface area (Å²) in [6, 6.07) is 12.8. The zero-order valence-electron chi connectivity index (χ0n) is 13.2. The summed E-state index contributed by atoms with van der Waals surface area (Å²) in [4.78, 5) is 12.3. The van der Waals surface area contributed by atoms with Gasteiger partial charge in [0.15, 0.2) is 0 Å². The van der Waals surface area contributed by atoms with Gasteiger partial charge in [-0.15, -0.1) is 0 Å². The minimum absolute atomic E-state index is 0.0308. The van der Waals surface area contributed by atoms with Crippen LogP contribution in [0, 0.1) is 25.2 Å². The van der Waals surface area contributed by atoms with Gasteiger partial charge in [0.1, 0.15) is 11.6 Å². The second-order valence-electron chi connectivity index (χ2n) is 5.14. The lowest BCUT2D eigenvalue weighted by Crippen LogP contribution is -2.15. The number of nitriles is 1. The van der Waals surface area contributed by atoms with E-state index in [0.29, 0.717) is 10.7 Å². The number of rotatable bonds is 4. The van der Waals surface area contributed by atoms with Gasteiger partial charge < -0.3 is 10.6 Å². The molecule has 0 aliphatic heterocycles. The molecular formula is C18H15BrClN3O. The van der Waals surface area contributed by atoms with Crippen molar-refractivity contribution in [3.05, 3.63) is 68.8 Å². The lowest BCUT2D eigenvalue weighted by atomic mass is 10.2. The smallest absolute Gasteiger partial charge is 0.267 e. The normalized spacial score (nSPS) is 10.9. The number of halogens is 2. The lowest BCUT2D eigenvalue weighted by Gasteiger charge is -2.10. The van der Waals surface area contributed by atoms with Crippen molar-refractivity contribution in [2.24, 2.45) is 0 Å². The van der Waals surface area contributed by atoms with Crippen molar-refractivity contribution in [3.8, 4) is 6.07 Å². The summed E-state index contributed by atoms with van der Waals surface area (Å²) in [6.45, 7) is 3.74. The quantitative estimate of drug-likeness (QED) is 0.545. The minimum atomic E-state index is -0.495. The van der Waals surface area contributed by atoms with Crippen LogP contribution in [-0.4, -0.2) is 5.91 Å². The molecule has 0 fully saturated rings. The molecule has 2 aromatic rings. The van der Waals surface area contributed by atoms with Gasteiger partial charge in [0, 0.05) is 27.1 Å². The summed E-state index contributed by atoms with van der Waals surface area (Å²) in [6.07, 6.45) is 1.39. The van der Waals surface area contributed by atoms with E-state index in [2.05, 4.69) is 26.6 Å². The zero-order chi connectivity index (χ0) is 17.7. The molecule has 1 amide bonds. The standard InChI is InChI=1S/C18H15BrClN3O/c1-11-8-14(19)6-7-16(11)22-10-13(9-21)18(24)23-17-5-3-4-15(20)12(17)2/h3-8,10,22H,1-2H3,(H,23,24)/b13-10-. The maximum Gasteiger partial charge on any atom is 0.267 e. The summed E-state index contributed by atoms with van der Waals surface area (Å²) >= 11 is 9.43. The van der Waals surface area contributed by atoms with Crippen LogP contribution in [0.1, 0.15) is 11.1 Å². The summed E-state index contributed by atoms with van der Waals surface area (Å²) in [5, 5.41) is 15.5. The van der Waals surface area contributed by atoms with Crippen molar-refractivity contribution in [1.29, 1.82) is 5.26 Å². The van der Waals surface area contributed by atoms with E-state index in [1.807, 2.05) is 31.2 Å². The Kier molecular flexibility index (Phi) is 6.02. The second-order valence-corrected chi connectivity index (χ2v) is 6.46. The molecule has 2 rings (SSSR count). The van der Waals surface area contributed by atoms with Crippen molar-refractivity contribution in [2.45, 2.75) is 13.8 Å². The molecule has 0 unspecified atom stereocenters. The van der Waals surface area contributed by atoms with Gasteiger partial charge in [-0.1, -0.05) is 33.6 Å². The van der Waals surface area contributed by atoms with E-state index < -0.39 is 5.91 Å². The third kappa shape index (κ3) is 4.38. The molecule has 0 bridgehead atoms. The number of anilines is 2. The molecule has 122 valence electrons. The lowest BCUT2D eigenvalue weighted by molar-refractivity contribution is -0.112. The van der Waals surface area contributed by atoms with Gasteiger partial charge in [-0.3, -0.25) is 4.79 Å². The Morgan fingerprint density at radius 3 is 2.67 bits per heavy atom. The van der Waals surface area contributed by atoms with Crippen LogP contribution in [0.25, 0.3) is 0 Å². The molecule has 4 nitrogen and oxygen atoms in total. The van der Waals surface area contributed by atoms with Gasteiger partial charge in [0.2, 0.25) is 0 Å². The summed E-state index contributed by atoms with van der Waals surface area (Å²) in [5.41, 5.74) is 3.10. The average molecular weight is 405 g/mol. The summed E-state index contributed by atoms with van der Waals surface area (Å²) in [7, 11) is 0. The predicted molar refractivity (Wildman–Crippen MR) is 101 cm³/mol. The highest BCUT2D eigenvalue weighted by Crippen LogP contribution is 2.23. The fraction of sp³-hybridized carbons (Fsp3) is 0.111. The molecule has 0 radical (unpaired) electrons. The van der Waals surface area contributed by atoms with Gasteiger partial charge in [0.25, 0.3) is 5.91 Å². The first-order chi connectivity index (χ1) is 11.4. The van der Waals surface area contributed by atoms with Gasteiger partial charge >= 0.3 is 0 Å². The maximum absolute atomic E-state index is 12.3. The molecule has 24 heavy (non-hydrogen) atoms. The minimum Gasteiger partial charge on any atom is -0.360 e. The van der Waals surface area contributed by atoms with E-state index in [1.54, 1.807) is 25.1 Å². The topological polar surface area (TPSA) is 64.9 Å². The molecule has 0 saturated carbocycles. The zero-order valence-corrected chi connectivity index (χ0v) is 15.5. The van der Waals surface area contributed by atoms with Crippen LogP contribution in [0.5, 0.6) is 0 Å². The van der Waals surface area contributed by atoms with E-state index in [4.69, 9.17) is 11.6 Å². The number of benzene rings is 2.